The standard InChI is InChI=1S/C11H12F2N4/c1-2-14-6-9-7-15-16-17(9)11-4-3-8(12)5-10(11)13/h3-5,7,14H,2,6H2,1H3. The van der Waals surface area contributed by atoms with Crippen LogP contribution in [0.25, 0.3) is 5.69 Å². The topological polar surface area (TPSA) is 42.7 Å². The average molecular weight is 238 g/mol. The zero-order valence-corrected chi connectivity index (χ0v) is 9.32. The van der Waals surface area contributed by atoms with E-state index in [1.807, 2.05) is 6.92 Å². The molecule has 0 amide bonds. The summed E-state index contributed by atoms with van der Waals surface area (Å²) in [6.07, 6.45) is 1.55. The Labute approximate surface area is 97.3 Å². The number of halogens is 2. The Morgan fingerprint density at radius 2 is 2.18 bits per heavy atom. The Morgan fingerprint density at radius 3 is 2.88 bits per heavy atom. The van der Waals surface area contributed by atoms with E-state index in [1.165, 1.54) is 16.8 Å². The molecule has 0 spiro atoms. The molecule has 0 saturated heterocycles. The number of nitrogens with zero attached hydrogens (tertiary/aromatic N) is 3. The SMILES string of the molecule is CCNCc1cnnn1-c1ccc(F)cc1F. The van der Waals surface area contributed by atoms with E-state index in [-0.39, 0.29) is 5.69 Å². The highest BCUT2D eigenvalue weighted by Crippen LogP contribution is 2.15. The fourth-order valence-electron chi connectivity index (χ4n) is 1.49. The highest BCUT2D eigenvalue weighted by Gasteiger charge is 2.10. The number of hydrogen-bond donors (Lipinski definition) is 1. The molecule has 0 atom stereocenters. The third kappa shape index (κ3) is 2.47. The predicted molar refractivity (Wildman–Crippen MR) is 58.7 cm³/mol. The van der Waals surface area contributed by atoms with Crippen LogP contribution in [-0.2, 0) is 6.54 Å². The van der Waals surface area contributed by atoms with Crippen LogP contribution in [0.15, 0.2) is 24.4 Å². The van der Waals surface area contributed by atoms with Gasteiger partial charge in [0, 0.05) is 12.6 Å². The maximum absolute atomic E-state index is 13.6. The molecule has 17 heavy (non-hydrogen) atoms. The van der Waals surface area contributed by atoms with Crippen molar-refractivity contribution in [1.29, 1.82) is 0 Å². The van der Waals surface area contributed by atoms with Gasteiger partial charge < -0.3 is 5.32 Å². The second-order valence-electron chi connectivity index (χ2n) is 3.51. The van der Waals surface area contributed by atoms with Crippen molar-refractivity contribution in [3.8, 4) is 5.69 Å². The predicted octanol–water partition coefficient (Wildman–Crippen LogP) is 1.65. The van der Waals surface area contributed by atoms with Crippen molar-refractivity contribution < 1.29 is 8.78 Å². The minimum atomic E-state index is -0.659. The van der Waals surface area contributed by atoms with Gasteiger partial charge in [0.2, 0.25) is 0 Å². The molecule has 1 aromatic carbocycles. The summed E-state index contributed by atoms with van der Waals surface area (Å²) in [6.45, 7) is 3.28. The summed E-state index contributed by atoms with van der Waals surface area (Å²) < 4.78 is 27.7. The number of rotatable bonds is 4. The monoisotopic (exact) mass is 238 g/mol. The molecular weight excluding hydrogens is 226 g/mol. The zero-order chi connectivity index (χ0) is 12.3. The van der Waals surface area contributed by atoms with Crippen LogP contribution in [0.4, 0.5) is 8.78 Å². The van der Waals surface area contributed by atoms with Crippen molar-refractivity contribution >= 4 is 0 Å². The Bertz CT molecular complexity index is 510. The van der Waals surface area contributed by atoms with Crippen LogP contribution in [0.2, 0.25) is 0 Å². The van der Waals surface area contributed by atoms with Crippen molar-refractivity contribution in [2.75, 3.05) is 6.54 Å². The normalized spacial score (nSPS) is 10.8. The summed E-state index contributed by atoms with van der Waals surface area (Å²) in [5.41, 5.74) is 0.911. The maximum Gasteiger partial charge on any atom is 0.151 e. The van der Waals surface area contributed by atoms with Crippen molar-refractivity contribution in [3.63, 3.8) is 0 Å². The van der Waals surface area contributed by atoms with Crippen molar-refractivity contribution in [3.05, 3.63) is 41.7 Å². The van der Waals surface area contributed by atoms with Crippen LogP contribution in [0.5, 0.6) is 0 Å². The molecule has 0 saturated carbocycles. The maximum atomic E-state index is 13.6. The average Bonchev–Trinajstić information content (AvgIpc) is 2.74. The van der Waals surface area contributed by atoms with Gasteiger partial charge in [0.15, 0.2) is 5.82 Å². The second kappa shape index (κ2) is 5.01. The lowest BCUT2D eigenvalue weighted by Crippen LogP contribution is -2.15. The minimum Gasteiger partial charge on any atom is -0.311 e. The van der Waals surface area contributed by atoms with Gasteiger partial charge in [-0.25, -0.2) is 13.5 Å². The second-order valence-corrected chi connectivity index (χ2v) is 3.51. The lowest BCUT2D eigenvalue weighted by atomic mass is 10.3. The molecule has 2 aromatic rings. The molecule has 1 heterocycles. The Hall–Kier alpha value is -1.82. The minimum absolute atomic E-state index is 0.191. The third-order valence-electron chi connectivity index (χ3n) is 2.31. The van der Waals surface area contributed by atoms with E-state index in [0.29, 0.717) is 6.54 Å². The van der Waals surface area contributed by atoms with Gasteiger partial charge in [-0.2, -0.15) is 0 Å². The third-order valence-corrected chi connectivity index (χ3v) is 2.31. The van der Waals surface area contributed by atoms with E-state index < -0.39 is 11.6 Å². The molecule has 0 aliphatic heterocycles. The number of benzene rings is 1. The summed E-state index contributed by atoms with van der Waals surface area (Å²) in [6, 6.07) is 3.36. The molecule has 2 rings (SSSR count). The summed E-state index contributed by atoms with van der Waals surface area (Å²) in [7, 11) is 0. The Morgan fingerprint density at radius 1 is 1.35 bits per heavy atom. The highest BCUT2D eigenvalue weighted by atomic mass is 19.1. The summed E-state index contributed by atoms with van der Waals surface area (Å²) in [4.78, 5) is 0. The fourth-order valence-corrected chi connectivity index (χ4v) is 1.49. The van der Waals surface area contributed by atoms with E-state index in [9.17, 15) is 8.78 Å². The molecule has 0 aliphatic rings. The molecule has 1 N–H and O–H groups in total. The lowest BCUT2D eigenvalue weighted by Gasteiger charge is -2.07. The molecule has 0 radical (unpaired) electrons. The molecule has 6 heteroatoms. The van der Waals surface area contributed by atoms with Crippen LogP contribution in [0.1, 0.15) is 12.6 Å². The van der Waals surface area contributed by atoms with E-state index in [0.717, 1.165) is 18.3 Å². The van der Waals surface area contributed by atoms with Gasteiger partial charge in [0.25, 0.3) is 0 Å². The van der Waals surface area contributed by atoms with Gasteiger partial charge in [0.1, 0.15) is 11.5 Å². The number of aromatic nitrogens is 3. The molecular formula is C11H12F2N4. The van der Waals surface area contributed by atoms with Gasteiger partial charge >= 0.3 is 0 Å². The van der Waals surface area contributed by atoms with Crippen LogP contribution < -0.4 is 5.32 Å². The van der Waals surface area contributed by atoms with Crippen LogP contribution in [-0.4, -0.2) is 21.5 Å². The molecule has 0 fully saturated rings. The molecule has 0 unspecified atom stereocenters. The molecule has 0 bridgehead atoms. The van der Waals surface area contributed by atoms with Crippen molar-refractivity contribution in [2.24, 2.45) is 0 Å². The van der Waals surface area contributed by atoms with Gasteiger partial charge in [-0.05, 0) is 18.7 Å². The summed E-state index contributed by atoms with van der Waals surface area (Å²) in [5, 5.41) is 10.6. The Kier molecular flexibility index (Phi) is 3.43. The van der Waals surface area contributed by atoms with Crippen molar-refractivity contribution in [1.82, 2.24) is 20.3 Å². The van der Waals surface area contributed by atoms with E-state index >= 15 is 0 Å². The van der Waals surface area contributed by atoms with Crippen LogP contribution >= 0.6 is 0 Å². The largest absolute Gasteiger partial charge is 0.311 e. The highest BCUT2D eigenvalue weighted by molar-refractivity contribution is 5.34. The first-order valence-corrected chi connectivity index (χ1v) is 5.28. The molecule has 0 aliphatic carbocycles. The van der Waals surface area contributed by atoms with Crippen molar-refractivity contribution in [2.45, 2.75) is 13.5 Å². The molecule has 1 aromatic heterocycles. The van der Waals surface area contributed by atoms with Crippen LogP contribution in [0.3, 0.4) is 0 Å². The first-order chi connectivity index (χ1) is 8.22. The first-order valence-electron chi connectivity index (χ1n) is 5.28. The van der Waals surface area contributed by atoms with E-state index in [2.05, 4.69) is 15.6 Å². The summed E-state index contributed by atoms with van der Waals surface area (Å²) >= 11 is 0. The number of nitrogens with one attached hydrogen (secondary N) is 1. The fraction of sp³-hybridized carbons (Fsp3) is 0.273. The molecule has 4 nitrogen and oxygen atoms in total. The van der Waals surface area contributed by atoms with Gasteiger partial charge in [0.05, 0.1) is 11.9 Å². The zero-order valence-electron chi connectivity index (χ0n) is 9.32. The number of hydrogen-bond acceptors (Lipinski definition) is 3. The molecule has 90 valence electrons. The van der Waals surface area contributed by atoms with E-state index in [4.69, 9.17) is 0 Å². The first kappa shape index (κ1) is 11.7. The smallest absolute Gasteiger partial charge is 0.151 e. The van der Waals surface area contributed by atoms with Crippen LogP contribution in [0, 0.1) is 11.6 Å². The van der Waals surface area contributed by atoms with Gasteiger partial charge in [-0.3, -0.25) is 0 Å². The summed E-state index contributed by atoms with van der Waals surface area (Å²) in [5.74, 6) is -1.27. The van der Waals surface area contributed by atoms with E-state index in [1.54, 1.807) is 6.20 Å². The van der Waals surface area contributed by atoms with Gasteiger partial charge in [-0.1, -0.05) is 12.1 Å². The lowest BCUT2D eigenvalue weighted by molar-refractivity contribution is 0.566. The van der Waals surface area contributed by atoms with Gasteiger partial charge in [-0.15, -0.1) is 5.10 Å². The Balaban J connectivity index is 2.35. The quantitative estimate of drug-likeness (QED) is 0.880.